The normalized spacial score (nSPS) is 22.0. The van der Waals surface area contributed by atoms with E-state index in [4.69, 9.17) is 0 Å². The molecule has 0 spiro atoms. The van der Waals surface area contributed by atoms with Crippen LogP contribution in [0, 0.1) is 0 Å². The van der Waals surface area contributed by atoms with E-state index >= 15 is 0 Å². The molecule has 1 atom stereocenters. The first-order chi connectivity index (χ1) is 5.77. The van der Waals surface area contributed by atoms with Gasteiger partial charge in [-0.05, 0) is 42.5 Å². The smallest absolute Gasteiger partial charge is 0.125 e. The van der Waals surface area contributed by atoms with Crippen LogP contribution in [0.2, 0.25) is 0 Å². The first-order valence-electron chi connectivity index (χ1n) is 4.20. The molecule has 64 valence electrons. The van der Waals surface area contributed by atoms with Gasteiger partial charge >= 0.3 is 0 Å². The monoisotopic (exact) mass is 228 g/mol. The fourth-order valence-electron chi connectivity index (χ4n) is 1.71. The van der Waals surface area contributed by atoms with Crippen LogP contribution >= 0.6 is 15.9 Å². The summed E-state index contributed by atoms with van der Waals surface area (Å²) in [6, 6.07) is 5.90. The van der Waals surface area contributed by atoms with Crippen LogP contribution < -0.4 is 0 Å². The molecule has 0 aromatic heterocycles. The quantitative estimate of drug-likeness (QED) is 0.634. The minimum Gasteiger partial charge on any atom is -0.242 e. The molecule has 2 rings (SSSR count). The van der Waals surface area contributed by atoms with Crippen molar-refractivity contribution in [3.63, 3.8) is 0 Å². The van der Waals surface area contributed by atoms with Crippen molar-refractivity contribution in [1.82, 2.24) is 0 Å². The zero-order chi connectivity index (χ0) is 8.55. The van der Waals surface area contributed by atoms with Crippen molar-refractivity contribution < 1.29 is 4.39 Å². The molecular formula is C10H10BrF. The van der Waals surface area contributed by atoms with Crippen LogP contribution in [0.3, 0.4) is 0 Å². The van der Waals surface area contributed by atoms with Crippen molar-refractivity contribution in [2.75, 3.05) is 0 Å². The van der Waals surface area contributed by atoms with Crippen molar-refractivity contribution >= 4 is 15.9 Å². The molecule has 1 aliphatic carbocycles. The lowest BCUT2D eigenvalue weighted by atomic mass is 9.90. The van der Waals surface area contributed by atoms with E-state index in [0.29, 0.717) is 6.42 Å². The number of alkyl halides is 1. The van der Waals surface area contributed by atoms with Crippen molar-refractivity contribution in [2.45, 2.75) is 25.4 Å². The third-order valence-electron chi connectivity index (χ3n) is 2.35. The lowest BCUT2D eigenvalue weighted by molar-refractivity contribution is 0.302. The number of fused-ring (bicyclic) bond motifs is 1. The summed E-state index contributed by atoms with van der Waals surface area (Å²) in [6.07, 6.45) is 1.95. The first kappa shape index (κ1) is 8.24. The summed E-state index contributed by atoms with van der Waals surface area (Å²) in [5, 5.41) is 0. The zero-order valence-electron chi connectivity index (χ0n) is 6.69. The number of hydrogen-bond donors (Lipinski definition) is 0. The Balaban J connectivity index is 2.47. The van der Waals surface area contributed by atoms with E-state index in [0.717, 1.165) is 22.9 Å². The van der Waals surface area contributed by atoms with Crippen LogP contribution in [0.25, 0.3) is 0 Å². The molecule has 0 radical (unpaired) electrons. The zero-order valence-corrected chi connectivity index (χ0v) is 8.27. The average Bonchev–Trinajstić information content (AvgIpc) is 2.07. The maximum Gasteiger partial charge on any atom is 0.125 e. The standard InChI is InChI=1S/C10H10BrF/c11-8-5-4-7-2-1-3-10(12)9(7)6-8/h4-6,10H,1-3H2. The highest BCUT2D eigenvalue weighted by molar-refractivity contribution is 9.10. The van der Waals surface area contributed by atoms with E-state index in [1.54, 1.807) is 0 Å². The highest BCUT2D eigenvalue weighted by Crippen LogP contribution is 2.33. The van der Waals surface area contributed by atoms with Gasteiger partial charge in [-0.1, -0.05) is 22.0 Å². The van der Waals surface area contributed by atoms with Gasteiger partial charge in [-0.25, -0.2) is 4.39 Å². The summed E-state index contributed by atoms with van der Waals surface area (Å²) < 4.78 is 14.3. The Morgan fingerprint density at radius 1 is 1.42 bits per heavy atom. The predicted molar refractivity (Wildman–Crippen MR) is 50.9 cm³/mol. The summed E-state index contributed by atoms with van der Waals surface area (Å²) in [7, 11) is 0. The van der Waals surface area contributed by atoms with E-state index < -0.39 is 6.17 Å². The van der Waals surface area contributed by atoms with Crippen molar-refractivity contribution in [3.05, 3.63) is 33.8 Å². The van der Waals surface area contributed by atoms with Crippen LogP contribution in [0.15, 0.2) is 22.7 Å². The van der Waals surface area contributed by atoms with Gasteiger partial charge in [0.15, 0.2) is 0 Å². The maximum absolute atomic E-state index is 13.3. The molecule has 2 heteroatoms. The van der Waals surface area contributed by atoms with Gasteiger partial charge in [0.1, 0.15) is 6.17 Å². The van der Waals surface area contributed by atoms with E-state index in [9.17, 15) is 4.39 Å². The number of benzene rings is 1. The molecule has 0 aliphatic heterocycles. The van der Waals surface area contributed by atoms with E-state index in [1.165, 1.54) is 5.56 Å². The molecule has 0 saturated heterocycles. The first-order valence-corrected chi connectivity index (χ1v) is 4.99. The van der Waals surface area contributed by atoms with E-state index in [1.807, 2.05) is 18.2 Å². The van der Waals surface area contributed by atoms with Gasteiger partial charge in [0.2, 0.25) is 0 Å². The molecule has 0 saturated carbocycles. The van der Waals surface area contributed by atoms with E-state index in [2.05, 4.69) is 15.9 Å². The lowest BCUT2D eigenvalue weighted by Crippen LogP contribution is -2.05. The fourth-order valence-corrected chi connectivity index (χ4v) is 2.09. The molecular weight excluding hydrogens is 219 g/mol. The second kappa shape index (κ2) is 3.17. The predicted octanol–water partition coefficient (Wildman–Crippen LogP) is 3.80. The maximum atomic E-state index is 13.3. The Morgan fingerprint density at radius 2 is 2.25 bits per heavy atom. The number of rotatable bonds is 0. The third-order valence-corrected chi connectivity index (χ3v) is 2.84. The molecule has 0 nitrogen and oxygen atoms in total. The molecule has 0 heterocycles. The summed E-state index contributed by atoms with van der Waals surface area (Å²) in [4.78, 5) is 0. The SMILES string of the molecule is FC1CCCc2ccc(Br)cc21. The minimum absolute atomic E-state index is 0.684. The summed E-state index contributed by atoms with van der Waals surface area (Å²) in [5.41, 5.74) is 2.06. The molecule has 1 aliphatic rings. The number of halogens is 2. The molecule has 1 aromatic rings. The summed E-state index contributed by atoms with van der Waals surface area (Å²) >= 11 is 3.35. The van der Waals surface area contributed by atoms with Gasteiger partial charge < -0.3 is 0 Å². The van der Waals surface area contributed by atoms with Crippen LogP contribution in [-0.4, -0.2) is 0 Å². The van der Waals surface area contributed by atoms with Gasteiger partial charge in [0, 0.05) is 4.47 Å². The molecule has 0 fully saturated rings. The summed E-state index contributed by atoms with van der Waals surface area (Å²) in [5.74, 6) is 0. The second-order valence-electron chi connectivity index (χ2n) is 3.20. The lowest BCUT2D eigenvalue weighted by Gasteiger charge is -2.19. The minimum atomic E-state index is -0.744. The Bertz CT molecular complexity index is 296. The van der Waals surface area contributed by atoms with Crippen molar-refractivity contribution in [3.8, 4) is 0 Å². The van der Waals surface area contributed by atoms with Crippen LogP contribution in [0.5, 0.6) is 0 Å². The van der Waals surface area contributed by atoms with Gasteiger partial charge in [-0.15, -0.1) is 0 Å². The highest BCUT2D eigenvalue weighted by atomic mass is 79.9. The molecule has 0 N–H and O–H groups in total. The third kappa shape index (κ3) is 1.40. The van der Waals surface area contributed by atoms with E-state index in [-0.39, 0.29) is 0 Å². The number of aryl methyl sites for hydroxylation is 1. The van der Waals surface area contributed by atoms with Crippen molar-refractivity contribution in [2.24, 2.45) is 0 Å². The van der Waals surface area contributed by atoms with Crippen molar-refractivity contribution in [1.29, 1.82) is 0 Å². The summed E-state index contributed by atoms with van der Waals surface area (Å²) in [6.45, 7) is 0. The van der Waals surface area contributed by atoms with Gasteiger partial charge in [-0.2, -0.15) is 0 Å². The topological polar surface area (TPSA) is 0 Å². The van der Waals surface area contributed by atoms with Gasteiger partial charge in [0.05, 0.1) is 0 Å². The largest absolute Gasteiger partial charge is 0.242 e. The van der Waals surface area contributed by atoms with Gasteiger partial charge in [0.25, 0.3) is 0 Å². The van der Waals surface area contributed by atoms with Crippen LogP contribution in [0.4, 0.5) is 4.39 Å². The Labute approximate surface area is 79.9 Å². The Kier molecular flexibility index (Phi) is 2.18. The Hall–Kier alpha value is -0.370. The number of hydrogen-bond acceptors (Lipinski definition) is 0. The average molecular weight is 229 g/mol. The van der Waals surface area contributed by atoms with Crippen LogP contribution in [0.1, 0.15) is 30.1 Å². The van der Waals surface area contributed by atoms with Crippen LogP contribution in [-0.2, 0) is 6.42 Å². The Morgan fingerprint density at radius 3 is 3.08 bits per heavy atom. The highest BCUT2D eigenvalue weighted by Gasteiger charge is 2.18. The molecule has 12 heavy (non-hydrogen) atoms. The molecule has 1 aromatic carbocycles. The second-order valence-corrected chi connectivity index (χ2v) is 4.12. The molecule has 0 amide bonds. The fraction of sp³-hybridized carbons (Fsp3) is 0.400. The molecule has 1 unspecified atom stereocenters. The molecule has 0 bridgehead atoms. The van der Waals surface area contributed by atoms with Gasteiger partial charge in [-0.3, -0.25) is 0 Å².